The van der Waals surface area contributed by atoms with Gasteiger partial charge in [0.05, 0.1) is 35.0 Å². The van der Waals surface area contributed by atoms with Crippen LogP contribution in [0.15, 0.2) is 55.0 Å². The topological polar surface area (TPSA) is 107 Å². The van der Waals surface area contributed by atoms with Crippen LogP contribution in [0.4, 0.5) is 11.6 Å². The van der Waals surface area contributed by atoms with Crippen LogP contribution < -0.4 is 10.1 Å². The summed E-state index contributed by atoms with van der Waals surface area (Å²) in [5.74, 6) is 1.28. The Kier molecular flexibility index (Phi) is 6.20. The van der Waals surface area contributed by atoms with Crippen molar-refractivity contribution in [3.63, 3.8) is 0 Å². The largest absolute Gasteiger partial charge is 0.492 e. The van der Waals surface area contributed by atoms with Crippen molar-refractivity contribution in [1.29, 1.82) is 0 Å². The molecule has 178 valence electrons. The molecule has 0 amide bonds. The highest BCUT2D eigenvalue weighted by atomic mass is 32.2. The van der Waals surface area contributed by atoms with Gasteiger partial charge < -0.3 is 10.1 Å². The minimum absolute atomic E-state index is 0.127. The van der Waals surface area contributed by atoms with Crippen molar-refractivity contribution in [3.8, 4) is 17.0 Å². The predicted molar refractivity (Wildman–Crippen MR) is 130 cm³/mol. The standard InChI is InChI=1S/C23H27N7O3S/c1-2-14-34(31,32)29-11-3-10-28-17-19(15-25-28)26-23-24-16-20-6-9-22(30(20)27-23)18-4-7-21(8-5-18)33-13-12-29/h4-9,15-17H,2-3,10-14H2,1H3,(H,26,27). The summed E-state index contributed by atoms with van der Waals surface area (Å²) in [5, 5.41) is 12.2. The smallest absolute Gasteiger partial charge is 0.245 e. The van der Waals surface area contributed by atoms with Gasteiger partial charge in [0.25, 0.3) is 0 Å². The molecule has 2 aliphatic rings. The lowest BCUT2D eigenvalue weighted by molar-refractivity contribution is 0.269. The number of rotatable bonds is 3. The molecule has 0 spiro atoms. The van der Waals surface area contributed by atoms with Gasteiger partial charge in [0.1, 0.15) is 12.4 Å². The number of fused-ring (bicyclic) bond motifs is 8. The third-order valence-corrected chi connectivity index (χ3v) is 7.77. The number of hydrogen-bond acceptors (Lipinski definition) is 7. The fraction of sp³-hybridized carbons (Fsp3) is 0.348. The summed E-state index contributed by atoms with van der Waals surface area (Å²) >= 11 is 0. The van der Waals surface area contributed by atoms with Gasteiger partial charge >= 0.3 is 0 Å². The zero-order chi connectivity index (χ0) is 23.5. The molecule has 1 N–H and O–H groups in total. The number of aryl methyl sites for hydroxylation is 1. The first-order chi connectivity index (χ1) is 16.5. The van der Waals surface area contributed by atoms with Gasteiger partial charge in [-0.2, -0.15) is 9.40 Å². The number of hydrogen-bond donors (Lipinski definition) is 1. The van der Waals surface area contributed by atoms with Gasteiger partial charge in [-0.3, -0.25) is 4.68 Å². The fourth-order valence-corrected chi connectivity index (χ4v) is 5.56. The number of ether oxygens (including phenoxy) is 1. The van der Waals surface area contributed by atoms with E-state index in [1.807, 2.05) is 54.0 Å². The van der Waals surface area contributed by atoms with Crippen molar-refractivity contribution in [2.24, 2.45) is 0 Å². The molecular formula is C23H27N7O3S. The Labute approximate surface area is 198 Å². The Balaban J connectivity index is 1.47. The first-order valence-corrected chi connectivity index (χ1v) is 13.0. The molecule has 6 rings (SSSR count). The Hall–Kier alpha value is -3.44. The molecular weight excluding hydrogens is 454 g/mol. The van der Waals surface area contributed by atoms with E-state index >= 15 is 0 Å². The van der Waals surface area contributed by atoms with Crippen molar-refractivity contribution < 1.29 is 13.2 Å². The van der Waals surface area contributed by atoms with Crippen LogP contribution in [0.2, 0.25) is 0 Å². The lowest BCUT2D eigenvalue weighted by Gasteiger charge is -2.22. The van der Waals surface area contributed by atoms with Crippen LogP contribution in [-0.2, 0) is 16.6 Å². The summed E-state index contributed by atoms with van der Waals surface area (Å²) in [7, 11) is -3.34. The zero-order valence-corrected chi connectivity index (χ0v) is 19.8. The summed E-state index contributed by atoms with van der Waals surface area (Å²) < 4.78 is 36.6. The molecule has 11 heteroatoms. The molecule has 0 saturated heterocycles. The average molecular weight is 482 g/mol. The van der Waals surface area contributed by atoms with Crippen molar-refractivity contribution in [2.75, 3.05) is 30.8 Å². The molecule has 0 fully saturated rings. The molecule has 0 radical (unpaired) electrons. The van der Waals surface area contributed by atoms with Crippen LogP contribution in [-0.4, -0.2) is 62.6 Å². The second kappa shape index (κ2) is 9.43. The van der Waals surface area contributed by atoms with Gasteiger partial charge in [-0.15, -0.1) is 5.10 Å². The van der Waals surface area contributed by atoms with Gasteiger partial charge in [-0.1, -0.05) is 6.92 Å². The zero-order valence-electron chi connectivity index (χ0n) is 19.0. The van der Waals surface area contributed by atoms with Crippen LogP contribution >= 0.6 is 0 Å². The van der Waals surface area contributed by atoms with Crippen LogP contribution in [0.1, 0.15) is 19.8 Å². The Morgan fingerprint density at radius 2 is 1.91 bits per heavy atom. The SMILES string of the molecule is CCCS(=O)(=O)N1CCCn2cc(cn2)Nc2ncc3ccc(n3n2)-c2ccc(cc2)OCC1. The van der Waals surface area contributed by atoms with E-state index in [0.29, 0.717) is 44.2 Å². The highest BCUT2D eigenvalue weighted by molar-refractivity contribution is 7.89. The minimum atomic E-state index is -3.34. The molecule has 10 nitrogen and oxygen atoms in total. The van der Waals surface area contributed by atoms with Crippen molar-refractivity contribution >= 4 is 27.2 Å². The van der Waals surface area contributed by atoms with Gasteiger partial charge in [-0.05, 0) is 49.2 Å². The van der Waals surface area contributed by atoms with Crippen molar-refractivity contribution in [2.45, 2.75) is 26.3 Å². The first-order valence-electron chi connectivity index (χ1n) is 11.4. The number of nitrogens with one attached hydrogen (secondary N) is 1. The molecule has 5 heterocycles. The molecule has 0 atom stereocenters. The first kappa shape index (κ1) is 22.4. The lowest BCUT2D eigenvalue weighted by Crippen LogP contribution is -2.37. The molecule has 2 aliphatic heterocycles. The van der Waals surface area contributed by atoms with E-state index in [0.717, 1.165) is 22.5 Å². The van der Waals surface area contributed by atoms with E-state index in [4.69, 9.17) is 4.74 Å². The lowest BCUT2D eigenvalue weighted by atomic mass is 10.1. The maximum atomic E-state index is 12.8. The summed E-state index contributed by atoms with van der Waals surface area (Å²) in [4.78, 5) is 4.41. The van der Waals surface area contributed by atoms with Gasteiger partial charge in [0, 0.05) is 31.4 Å². The number of aromatic nitrogens is 5. The quantitative estimate of drug-likeness (QED) is 0.479. The maximum absolute atomic E-state index is 12.8. The third kappa shape index (κ3) is 4.75. The maximum Gasteiger partial charge on any atom is 0.245 e. The number of sulfonamides is 1. The predicted octanol–water partition coefficient (Wildman–Crippen LogP) is 3.16. The van der Waals surface area contributed by atoms with Crippen LogP contribution in [0.5, 0.6) is 5.75 Å². The average Bonchev–Trinajstić information content (AvgIpc) is 3.44. The summed E-state index contributed by atoms with van der Waals surface area (Å²) in [6.45, 7) is 3.45. The van der Waals surface area contributed by atoms with E-state index in [9.17, 15) is 8.42 Å². The molecule has 4 aromatic rings. The Morgan fingerprint density at radius 1 is 1.06 bits per heavy atom. The third-order valence-electron chi connectivity index (χ3n) is 5.70. The van der Waals surface area contributed by atoms with Gasteiger partial charge in [-0.25, -0.2) is 17.9 Å². The number of benzene rings is 1. The monoisotopic (exact) mass is 481 g/mol. The van der Waals surface area contributed by atoms with E-state index in [1.165, 1.54) is 4.31 Å². The summed E-state index contributed by atoms with van der Waals surface area (Å²) in [5.41, 5.74) is 3.56. The van der Waals surface area contributed by atoms with Gasteiger partial charge in [0.2, 0.25) is 16.0 Å². The highest BCUT2D eigenvalue weighted by Gasteiger charge is 2.21. The Morgan fingerprint density at radius 3 is 2.74 bits per heavy atom. The number of nitrogens with zero attached hydrogens (tertiary/aromatic N) is 6. The van der Waals surface area contributed by atoms with Gasteiger partial charge in [0.15, 0.2) is 0 Å². The van der Waals surface area contributed by atoms with E-state index in [2.05, 4.69) is 20.5 Å². The molecule has 0 unspecified atom stereocenters. The summed E-state index contributed by atoms with van der Waals surface area (Å²) in [6.07, 6.45) is 6.55. The fourth-order valence-electron chi connectivity index (χ4n) is 4.03. The second-order valence-electron chi connectivity index (χ2n) is 8.20. The van der Waals surface area contributed by atoms with E-state index in [-0.39, 0.29) is 12.4 Å². The van der Waals surface area contributed by atoms with Crippen LogP contribution in [0, 0.1) is 0 Å². The van der Waals surface area contributed by atoms with E-state index in [1.54, 1.807) is 17.1 Å². The van der Waals surface area contributed by atoms with Crippen LogP contribution in [0.3, 0.4) is 0 Å². The molecule has 0 saturated carbocycles. The normalized spacial score (nSPS) is 15.4. The highest BCUT2D eigenvalue weighted by Crippen LogP contribution is 2.25. The molecule has 6 bridgehead atoms. The molecule has 0 aliphatic carbocycles. The van der Waals surface area contributed by atoms with Crippen LogP contribution in [0.25, 0.3) is 16.8 Å². The molecule has 34 heavy (non-hydrogen) atoms. The van der Waals surface area contributed by atoms with E-state index < -0.39 is 10.0 Å². The number of anilines is 2. The minimum Gasteiger partial charge on any atom is -0.492 e. The molecule has 1 aromatic carbocycles. The van der Waals surface area contributed by atoms with Crippen molar-refractivity contribution in [3.05, 3.63) is 55.0 Å². The summed E-state index contributed by atoms with van der Waals surface area (Å²) in [6, 6.07) is 11.7. The Bertz CT molecular complexity index is 1380. The second-order valence-corrected chi connectivity index (χ2v) is 10.3. The molecule has 3 aromatic heterocycles. The van der Waals surface area contributed by atoms with Crippen molar-refractivity contribution in [1.82, 2.24) is 28.7 Å².